The zero-order chi connectivity index (χ0) is 18.4. The summed E-state index contributed by atoms with van der Waals surface area (Å²) in [4.78, 5) is 12.1. The van der Waals surface area contributed by atoms with E-state index < -0.39 is 0 Å². The highest BCUT2D eigenvalue weighted by molar-refractivity contribution is 7.99. The van der Waals surface area contributed by atoms with Crippen molar-refractivity contribution in [3.8, 4) is 5.75 Å². The van der Waals surface area contributed by atoms with Gasteiger partial charge in [-0.25, -0.2) is 0 Å². The Morgan fingerprint density at radius 3 is 2.44 bits per heavy atom. The van der Waals surface area contributed by atoms with E-state index in [1.807, 2.05) is 58.0 Å². The molecule has 0 heterocycles. The average molecular weight is 378 g/mol. The Balaban J connectivity index is 1.76. The highest BCUT2D eigenvalue weighted by atomic mass is 35.5. The van der Waals surface area contributed by atoms with E-state index in [0.29, 0.717) is 23.1 Å². The predicted octanol–water partition coefficient (Wildman–Crippen LogP) is 5.32. The Kier molecular flexibility index (Phi) is 7.21. The molecule has 0 unspecified atom stereocenters. The molecule has 0 bridgehead atoms. The third-order valence-electron chi connectivity index (χ3n) is 3.81. The first-order chi connectivity index (χ1) is 11.9. The summed E-state index contributed by atoms with van der Waals surface area (Å²) in [5.41, 5.74) is 5.02. The van der Waals surface area contributed by atoms with Crippen molar-refractivity contribution < 1.29 is 9.53 Å². The zero-order valence-corrected chi connectivity index (χ0v) is 16.7. The molecule has 0 aromatic heterocycles. The summed E-state index contributed by atoms with van der Waals surface area (Å²) in [6.45, 7) is 8.58. The fourth-order valence-electron chi connectivity index (χ4n) is 2.64. The van der Waals surface area contributed by atoms with Gasteiger partial charge in [0.05, 0.1) is 23.1 Å². The van der Waals surface area contributed by atoms with Crippen LogP contribution in [0.2, 0.25) is 5.02 Å². The van der Waals surface area contributed by atoms with E-state index in [9.17, 15) is 4.79 Å². The molecule has 2 aromatic carbocycles. The molecule has 2 aromatic rings. The third-order valence-corrected chi connectivity index (χ3v) is 5.03. The molecule has 25 heavy (non-hydrogen) atoms. The Hall–Kier alpha value is -1.65. The van der Waals surface area contributed by atoms with Gasteiger partial charge in [-0.1, -0.05) is 35.9 Å². The van der Waals surface area contributed by atoms with Gasteiger partial charge < -0.3 is 10.1 Å². The second-order valence-electron chi connectivity index (χ2n) is 6.11. The lowest BCUT2D eigenvalue weighted by molar-refractivity contribution is -0.113. The maximum Gasteiger partial charge on any atom is 0.234 e. The number of carbonyl (C=O) groups excluding carboxylic acids is 1. The molecular formula is C20H24ClNO2S. The molecule has 0 saturated heterocycles. The molecule has 0 aliphatic carbocycles. The number of thioether (sulfide) groups is 1. The first-order valence-corrected chi connectivity index (χ1v) is 9.75. The van der Waals surface area contributed by atoms with Crippen molar-refractivity contribution in [1.82, 2.24) is 0 Å². The Labute approximate surface area is 159 Å². The van der Waals surface area contributed by atoms with Crippen LogP contribution in [0.25, 0.3) is 0 Å². The highest BCUT2D eigenvalue weighted by Gasteiger charge is 2.10. The first kappa shape index (κ1) is 19.7. The quantitative estimate of drug-likeness (QED) is 0.663. The van der Waals surface area contributed by atoms with E-state index in [1.54, 1.807) is 11.8 Å². The number of para-hydroxylation sites is 1. The maximum absolute atomic E-state index is 12.1. The van der Waals surface area contributed by atoms with Crippen LogP contribution < -0.4 is 10.1 Å². The van der Waals surface area contributed by atoms with Crippen LogP contribution in [0.1, 0.15) is 22.3 Å². The Bertz CT molecular complexity index is 718. The minimum atomic E-state index is -0.0501. The van der Waals surface area contributed by atoms with Crippen molar-refractivity contribution in [2.75, 3.05) is 23.4 Å². The maximum atomic E-state index is 12.1. The lowest BCUT2D eigenvalue weighted by atomic mass is 10.1. The summed E-state index contributed by atoms with van der Waals surface area (Å²) in [6, 6.07) is 9.96. The fourth-order valence-corrected chi connectivity index (χ4v) is 3.62. The number of rotatable bonds is 7. The largest absolute Gasteiger partial charge is 0.492 e. The Morgan fingerprint density at radius 1 is 1.12 bits per heavy atom. The van der Waals surface area contributed by atoms with E-state index >= 15 is 0 Å². The number of aryl methyl sites for hydroxylation is 4. The van der Waals surface area contributed by atoms with Crippen molar-refractivity contribution >= 4 is 35.0 Å². The number of hydrogen-bond acceptors (Lipinski definition) is 3. The molecule has 3 nitrogen and oxygen atoms in total. The van der Waals surface area contributed by atoms with Crippen LogP contribution in [0.15, 0.2) is 30.3 Å². The number of hydrogen-bond donors (Lipinski definition) is 1. The second kappa shape index (κ2) is 9.16. The van der Waals surface area contributed by atoms with Gasteiger partial charge >= 0.3 is 0 Å². The molecule has 0 saturated carbocycles. The molecule has 2 rings (SSSR count). The van der Waals surface area contributed by atoms with Crippen LogP contribution in [0.4, 0.5) is 5.69 Å². The minimum Gasteiger partial charge on any atom is -0.492 e. The number of anilines is 1. The van der Waals surface area contributed by atoms with Crippen LogP contribution >= 0.6 is 23.4 Å². The average Bonchev–Trinajstić information content (AvgIpc) is 2.53. The SMILES string of the molecule is Cc1cc(C)c(NC(=O)CSCCOc2c(C)cccc2C)c(Cl)c1. The number of benzene rings is 2. The summed E-state index contributed by atoms with van der Waals surface area (Å²) in [5.74, 6) is 2.02. The minimum absolute atomic E-state index is 0.0501. The number of amides is 1. The molecule has 0 spiro atoms. The summed E-state index contributed by atoms with van der Waals surface area (Å²) in [7, 11) is 0. The zero-order valence-electron chi connectivity index (χ0n) is 15.1. The van der Waals surface area contributed by atoms with Gasteiger partial charge in [0, 0.05) is 5.75 Å². The molecule has 0 atom stereocenters. The van der Waals surface area contributed by atoms with E-state index in [2.05, 4.69) is 5.32 Å². The van der Waals surface area contributed by atoms with Crippen molar-refractivity contribution in [3.05, 3.63) is 57.6 Å². The van der Waals surface area contributed by atoms with E-state index in [-0.39, 0.29) is 5.91 Å². The fraction of sp³-hybridized carbons (Fsp3) is 0.350. The van der Waals surface area contributed by atoms with Gasteiger partial charge in [0.2, 0.25) is 5.91 Å². The van der Waals surface area contributed by atoms with E-state index in [1.165, 1.54) is 0 Å². The monoisotopic (exact) mass is 377 g/mol. The van der Waals surface area contributed by atoms with Crippen LogP contribution in [-0.2, 0) is 4.79 Å². The van der Waals surface area contributed by atoms with Gasteiger partial charge in [-0.3, -0.25) is 4.79 Å². The van der Waals surface area contributed by atoms with Crippen molar-refractivity contribution in [2.45, 2.75) is 27.7 Å². The van der Waals surface area contributed by atoms with Crippen LogP contribution in [0.3, 0.4) is 0 Å². The normalized spacial score (nSPS) is 10.6. The van der Waals surface area contributed by atoms with Crippen molar-refractivity contribution in [1.29, 1.82) is 0 Å². The summed E-state index contributed by atoms with van der Waals surface area (Å²) >= 11 is 7.76. The standard InChI is InChI=1S/C20H24ClNO2S/c1-13-10-16(4)19(17(21)11-13)22-18(23)12-25-9-8-24-20-14(2)6-5-7-15(20)3/h5-7,10-11H,8-9,12H2,1-4H3,(H,22,23). The molecule has 134 valence electrons. The first-order valence-electron chi connectivity index (χ1n) is 8.22. The van der Waals surface area contributed by atoms with Gasteiger partial charge in [-0.15, -0.1) is 11.8 Å². The predicted molar refractivity (Wildman–Crippen MR) is 108 cm³/mol. The molecule has 0 fully saturated rings. The molecule has 0 aliphatic heterocycles. The van der Waals surface area contributed by atoms with Crippen LogP contribution in [-0.4, -0.2) is 24.0 Å². The van der Waals surface area contributed by atoms with E-state index in [0.717, 1.165) is 33.8 Å². The van der Waals surface area contributed by atoms with E-state index in [4.69, 9.17) is 16.3 Å². The van der Waals surface area contributed by atoms with Gasteiger partial charge in [-0.05, 0) is 56.0 Å². The topological polar surface area (TPSA) is 38.3 Å². The number of carbonyl (C=O) groups is 1. The molecule has 0 aliphatic rings. The highest BCUT2D eigenvalue weighted by Crippen LogP contribution is 2.27. The van der Waals surface area contributed by atoms with Crippen molar-refractivity contribution in [2.24, 2.45) is 0 Å². The smallest absolute Gasteiger partial charge is 0.234 e. The third kappa shape index (κ3) is 5.68. The number of nitrogens with one attached hydrogen (secondary N) is 1. The lowest BCUT2D eigenvalue weighted by Gasteiger charge is -2.13. The van der Waals surface area contributed by atoms with Crippen LogP contribution in [0, 0.1) is 27.7 Å². The molecular weight excluding hydrogens is 354 g/mol. The van der Waals surface area contributed by atoms with Gasteiger partial charge in [0.1, 0.15) is 5.75 Å². The van der Waals surface area contributed by atoms with Gasteiger partial charge in [0.15, 0.2) is 0 Å². The molecule has 5 heteroatoms. The molecule has 1 N–H and O–H groups in total. The van der Waals surface area contributed by atoms with Crippen LogP contribution in [0.5, 0.6) is 5.75 Å². The lowest BCUT2D eigenvalue weighted by Crippen LogP contribution is -2.16. The van der Waals surface area contributed by atoms with Gasteiger partial charge in [0.25, 0.3) is 0 Å². The Morgan fingerprint density at radius 2 is 1.80 bits per heavy atom. The molecule has 1 amide bonds. The summed E-state index contributed by atoms with van der Waals surface area (Å²) < 4.78 is 5.85. The van der Waals surface area contributed by atoms with Crippen molar-refractivity contribution in [3.63, 3.8) is 0 Å². The second-order valence-corrected chi connectivity index (χ2v) is 7.62. The number of ether oxygens (including phenoxy) is 1. The summed E-state index contributed by atoms with van der Waals surface area (Å²) in [6.07, 6.45) is 0. The summed E-state index contributed by atoms with van der Waals surface area (Å²) in [5, 5.41) is 3.48. The molecule has 0 radical (unpaired) electrons. The number of halogens is 1. The van der Waals surface area contributed by atoms with Gasteiger partial charge in [-0.2, -0.15) is 0 Å².